The summed E-state index contributed by atoms with van der Waals surface area (Å²) in [7, 11) is 0. The minimum Gasteiger partial charge on any atom is -0.367 e. The summed E-state index contributed by atoms with van der Waals surface area (Å²) in [6.07, 6.45) is 5.91. The molecule has 0 spiro atoms. The van der Waals surface area contributed by atoms with Crippen molar-refractivity contribution in [2.24, 2.45) is 0 Å². The molecule has 1 atom stereocenters. The van der Waals surface area contributed by atoms with Gasteiger partial charge in [0.1, 0.15) is 11.9 Å². The molecule has 0 saturated carbocycles. The molecule has 0 amide bonds. The van der Waals surface area contributed by atoms with E-state index in [0.717, 1.165) is 25.2 Å². The van der Waals surface area contributed by atoms with Crippen LogP contribution in [-0.4, -0.2) is 35.6 Å². The summed E-state index contributed by atoms with van der Waals surface area (Å²) in [6.45, 7) is 5.51. The second kappa shape index (κ2) is 5.80. The molecule has 1 aliphatic carbocycles. The minimum absolute atomic E-state index is 0.499. The standard InChI is InChI=1S/C16H22N4/c1-12(20-7-2-3-8-20)11-18-16-14(10-17)9-13-5-4-6-15(13)19-16/h9,12H,2-8,11H2,1H3,(H,18,19). The van der Waals surface area contributed by atoms with Gasteiger partial charge in [-0.25, -0.2) is 4.98 Å². The number of aromatic nitrogens is 1. The predicted molar refractivity (Wildman–Crippen MR) is 79.7 cm³/mol. The number of nitrogens with zero attached hydrogens (tertiary/aromatic N) is 3. The maximum atomic E-state index is 9.29. The van der Waals surface area contributed by atoms with Crippen LogP contribution in [0.2, 0.25) is 0 Å². The van der Waals surface area contributed by atoms with E-state index in [1.165, 1.54) is 43.6 Å². The normalized spacial score (nSPS) is 19.6. The number of likely N-dealkylation sites (tertiary alicyclic amines) is 1. The minimum atomic E-state index is 0.499. The molecule has 3 rings (SSSR count). The SMILES string of the molecule is CC(CNc1nc2c(cc1C#N)CCC2)N1CCCC1. The Morgan fingerprint density at radius 3 is 2.90 bits per heavy atom. The van der Waals surface area contributed by atoms with Crippen molar-refractivity contribution in [1.29, 1.82) is 5.26 Å². The first-order valence-corrected chi connectivity index (χ1v) is 7.69. The number of rotatable bonds is 4. The Labute approximate surface area is 120 Å². The van der Waals surface area contributed by atoms with Crippen LogP contribution in [0.1, 0.15) is 43.0 Å². The average Bonchev–Trinajstić information content (AvgIpc) is 3.13. The molecule has 20 heavy (non-hydrogen) atoms. The van der Waals surface area contributed by atoms with Gasteiger partial charge in [0.2, 0.25) is 0 Å². The number of hydrogen-bond donors (Lipinski definition) is 1. The molecule has 1 saturated heterocycles. The Morgan fingerprint density at radius 1 is 1.35 bits per heavy atom. The van der Waals surface area contributed by atoms with Crippen molar-refractivity contribution in [2.75, 3.05) is 25.0 Å². The van der Waals surface area contributed by atoms with Gasteiger partial charge in [0.25, 0.3) is 0 Å². The van der Waals surface area contributed by atoms with E-state index >= 15 is 0 Å². The maximum absolute atomic E-state index is 9.29. The molecular weight excluding hydrogens is 248 g/mol. The molecule has 4 heteroatoms. The van der Waals surface area contributed by atoms with Crippen LogP contribution in [-0.2, 0) is 12.8 Å². The lowest BCUT2D eigenvalue weighted by molar-refractivity contribution is 0.269. The fourth-order valence-corrected chi connectivity index (χ4v) is 3.25. The lowest BCUT2D eigenvalue weighted by Crippen LogP contribution is -2.35. The third-order valence-electron chi connectivity index (χ3n) is 4.50. The molecule has 2 aliphatic rings. The van der Waals surface area contributed by atoms with E-state index in [1.54, 1.807) is 0 Å². The van der Waals surface area contributed by atoms with Crippen molar-refractivity contribution in [3.8, 4) is 6.07 Å². The van der Waals surface area contributed by atoms with Crippen LogP contribution >= 0.6 is 0 Å². The van der Waals surface area contributed by atoms with Crippen molar-refractivity contribution in [1.82, 2.24) is 9.88 Å². The topological polar surface area (TPSA) is 52.0 Å². The van der Waals surface area contributed by atoms with E-state index in [2.05, 4.69) is 28.2 Å². The van der Waals surface area contributed by atoms with Gasteiger partial charge < -0.3 is 5.32 Å². The van der Waals surface area contributed by atoms with E-state index in [9.17, 15) is 5.26 Å². The number of fused-ring (bicyclic) bond motifs is 1. The summed E-state index contributed by atoms with van der Waals surface area (Å²) >= 11 is 0. The number of aryl methyl sites for hydroxylation is 2. The van der Waals surface area contributed by atoms with E-state index in [1.807, 2.05) is 6.07 Å². The van der Waals surface area contributed by atoms with Gasteiger partial charge in [-0.3, -0.25) is 4.90 Å². The van der Waals surface area contributed by atoms with Crippen LogP contribution in [0.5, 0.6) is 0 Å². The third kappa shape index (κ3) is 2.64. The van der Waals surface area contributed by atoms with Gasteiger partial charge in [-0.2, -0.15) is 5.26 Å². The Balaban J connectivity index is 1.69. The monoisotopic (exact) mass is 270 g/mol. The van der Waals surface area contributed by atoms with Gasteiger partial charge in [0.05, 0.1) is 5.56 Å². The molecule has 1 aromatic rings. The van der Waals surface area contributed by atoms with Crippen LogP contribution in [0, 0.1) is 11.3 Å². The second-order valence-electron chi connectivity index (χ2n) is 5.93. The highest BCUT2D eigenvalue weighted by Gasteiger charge is 2.20. The first kappa shape index (κ1) is 13.4. The highest BCUT2D eigenvalue weighted by molar-refractivity contribution is 5.55. The van der Waals surface area contributed by atoms with Crippen LogP contribution in [0.15, 0.2) is 6.07 Å². The highest BCUT2D eigenvalue weighted by Crippen LogP contribution is 2.25. The molecule has 0 radical (unpaired) electrons. The molecular formula is C16H22N4. The molecule has 0 bridgehead atoms. The number of nitrogens with one attached hydrogen (secondary N) is 1. The third-order valence-corrected chi connectivity index (χ3v) is 4.50. The second-order valence-corrected chi connectivity index (χ2v) is 5.93. The Bertz CT molecular complexity index is 526. The quantitative estimate of drug-likeness (QED) is 0.912. The van der Waals surface area contributed by atoms with Gasteiger partial charge >= 0.3 is 0 Å². The van der Waals surface area contributed by atoms with E-state index in [-0.39, 0.29) is 0 Å². The Morgan fingerprint density at radius 2 is 2.15 bits per heavy atom. The molecule has 1 aromatic heterocycles. The van der Waals surface area contributed by atoms with Gasteiger partial charge in [-0.1, -0.05) is 0 Å². The lowest BCUT2D eigenvalue weighted by atomic mass is 10.1. The maximum Gasteiger partial charge on any atom is 0.144 e. The molecule has 1 fully saturated rings. The van der Waals surface area contributed by atoms with Crippen molar-refractivity contribution >= 4 is 5.82 Å². The molecule has 2 heterocycles. The summed E-state index contributed by atoms with van der Waals surface area (Å²) in [6, 6.07) is 4.81. The first-order valence-electron chi connectivity index (χ1n) is 7.69. The zero-order valence-corrected chi connectivity index (χ0v) is 12.2. The Hall–Kier alpha value is -1.60. The zero-order valence-electron chi connectivity index (χ0n) is 12.2. The fourth-order valence-electron chi connectivity index (χ4n) is 3.25. The zero-order chi connectivity index (χ0) is 13.9. The van der Waals surface area contributed by atoms with E-state index in [0.29, 0.717) is 11.6 Å². The number of nitriles is 1. The average molecular weight is 270 g/mol. The van der Waals surface area contributed by atoms with E-state index < -0.39 is 0 Å². The first-order chi connectivity index (χ1) is 9.78. The highest BCUT2D eigenvalue weighted by atomic mass is 15.2. The van der Waals surface area contributed by atoms with Crippen molar-refractivity contribution in [2.45, 2.75) is 45.1 Å². The van der Waals surface area contributed by atoms with Gasteiger partial charge in [-0.05, 0) is 63.7 Å². The van der Waals surface area contributed by atoms with Crippen LogP contribution in [0.25, 0.3) is 0 Å². The molecule has 1 N–H and O–H groups in total. The van der Waals surface area contributed by atoms with Gasteiger partial charge in [0.15, 0.2) is 0 Å². The largest absolute Gasteiger partial charge is 0.367 e. The number of anilines is 1. The molecule has 4 nitrogen and oxygen atoms in total. The molecule has 1 aliphatic heterocycles. The number of hydrogen-bond acceptors (Lipinski definition) is 4. The molecule has 0 aromatic carbocycles. The van der Waals surface area contributed by atoms with Crippen molar-refractivity contribution in [3.05, 3.63) is 22.9 Å². The van der Waals surface area contributed by atoms with Crippen molar-refractivity contribution in [3.63, 3.8) is 0 Å². The van der Waals surface area contributed by atoms with Gasteiger partial charge in [-0.15, -0.1) is 0 Å². The van der Waals surface area contributed by atoms with Crippen LogP contribution in [0.3, 0.4) is 0 Å². The Kier molecular flexibility index (Phi) is 3.88. The molecule has 1 unspecified atom stereocenters. The summed E-state index contributed by atoms with van der Waals surface area (Å²) in [5.74, 6) is 0.777. The van der Waals surface area contributed by atoms with Crippen LogP contribution in [0.4, 0.5) is 5.82 Å². The summed E-state index contributed by atoms with van der Waals surface area (Å²) in [5.41, 5.74) is 3.14. The van der Waals surface area contributed by atoms with Gasteiger partial charge in [0, 0.05) is 18.3 Å². The van der Waals surface area contributed by atoms with Crippen molar-refractivity contribution < 1.29 is 0 Å². The lowest BCUT2D eigenvalue weighted by Gasteiger charge is -2.24. The fraction of sp³-hybridized carbons (Fsp3) is 0.625. The van der Waals surface area contributed by atoms with E-state index in [4.69, 9.17) is 0 Å². The molecule has 106 valence electrons. The number of pyridine rings is 1. The smallest absolute Gasteiger partial charge is 0.144 e. The summed E-state index contributed by atoms with van der Waals surface area (Å²) in [5, 5.41) is 12.7. The van der Waals surface area contributed by atoms with Crippen LogP contribution < -0.4 is 5.32 Å². The predicted octanol–water partition coefficient (Wildman–Crippen LogP) is 2.34. The summed E-state index contributed by atoms with van der Waals surface area (Å²) < 4.78 is 0. The summed E-state index contributed by atoms with van der Waals surface area (Å²) in [4.78, 5) is 7.18.